The van der Waals surface area contributed by atoms with Gasteiger partial charge in [-0.3, -0.25) is 0 Å². The van der Waals surface area contributed by atoms with Crippen LogP contribution in [0.3, 0.4) is 0 Å². The molecule has 0 aliphatic heterocycles. The fourth-order valence-corrected chi connectivity index (χ4v) is 4.29. The minimum atomic E-state index is 0.973. The van der Waals surface area contributed by atoms with Gasteiger partial charge in [0, 0.05) is 0 Å². The molecule has 0 N–H and O–H groups in total. The first kappa shape index (κ1) is 13.4. The van der Waals surface area contributed by atoms with E-state index in [1.807, 2.05) is 0 Å². The first-order chi connectivity index (χ1) is 8.27. The maximum atomic E-state index is 2.55. The minimum absolute atomic E-state index is 0.973. The molecular formula is C17H32. The van der Waals surface area contributed by atoms with Gasteiger partial charge in [-0.15, -0.1) is 0 Å². The van der Waals surface area contributed by atoms with Crippen molar-refractivity contribution in [3.63, 3.8) is 0 Å². The Hall–Kier alpha value is 0. The normalized spacial score (nSPS) is 27.9. The third-order valence-electron chi connectivity index (χ3n) is 5.72. The molecule has 2 unspecified atom stereocenters. The van der Waals surface area contributed by atoms with Gasteiger partial charge in [0.15, 0.2) is 0 Å². The maximum absolute atomic E-state index is 2.55. The zero-order chi connectivity index (χ0) is 12.1. The summed E-state index contributed by atoms with van der Waals surface area (Å²) in [6.07, 6.45) is 16.7. The second-order valence-corrected chi connectivity index (χ2v) is 6.97. The fraction of sp³-hybridized carbons (Fsp3) is 1.00. The van der Waals surface area contributed by atoms with Gasteiger partial charge in [-0.25, -0.2) is 0 Å². The fourth-order valence-electron chi connectivity index (χ4n) is 4.29. The van der Waals surface area contributed by atoms with Crippen LogP contribution in [0, 0.1) is 23.7 Å². The zero-order valence-electron chi connectivity index (χ0n) is 12.1. The minimum Gasteiger partial charge on any atom is -0.0622 e. The van der Waals surface area contributed by atoms with Crippen molar-refractivity contribution < 1.29 is 0 Å². The average Bonchev–Trinajstić information content (AvgIpc) is 2.40. The molecule has 0 aromatic rings. The van der Waals surface area contributed by atoms with E-state index in [0.717, 1.165) is 23.7 Å². The molecule has 2 atom stereocenters. The van der Waals surface area contributed by atoms with Crippen molar-refractivity contribution in [1.29, 1.82) is 0 Å². The second-order valence-electron chi connectivity index (χ2n) is 6.97. The van der Waals surface area contributed by atoms with Gasteiger partial charge in [0.05, 0.1) is 0 Å². The van der Waals surface area contributed by atoms with E-state index in [1.165, 1.54) is 70.6 Å². The molecule has 0 aromatic carbocycles. The van der Waals surface area contributed by atoms with Gasteiger partial charge in [0.25, 0.3) is 0 Å². The molecule has 2 fully saturated rings. The molecule has 2 rings (SSSR count). The van der Waals surface area contributed by atoms with Crippen molar-refractivity contribution >= 4 is 0 Å². The van der Waals surface area contributed by atoms with Crippen LogP contribution < -0.4 is 0 Å². The van der Waals surface area contributed by atoms with E-state index >= 15 is 0 Å². The van der Waals surface area contributed by atoms with Crippen LogP contribution in [0.5, 0.6) is 0 Å². The second kappa shape index (κ2) is 6.81. The van der Waals surface area contributed by atoms with Gasteiger partial charge in [-0.1, -0.05) is 78.1 Å². The van der Waals surface area contributed by atoms with Crippen LogP contribution in [0.25, 0.3) is 0 Å². The predicted molar refractivity (Wildman–Crippen MR) is 76.1 cm³/mol. The summed E-state index contributed by atoms with van der Waals surface area (Å²) in [4.78, 5) is 0. The highest BCUT2D eigenvalue weighted by Crippen LogP contribution is 2.38. The van der Waals surface area contributed by atoms with Gasteiger partial charge in [0.1, 0.15) is 0 Å². The molecule has 2 saturated carbocycles. The Bertz CT molecular complexity index is 196. The lowest BCUT2D eigenvalue weighted by atomic mass is 9.72. The van der Waals surface area contributed by atoms with E-state index in [2.05, 4.69) is 13.8 Å². The van der Waals surface area contributed by atoms with Gasteiger partial charge >= 0.3 is 0 Å². The van der Waals surface area contributed by atoms with Gasteiger partial charge in [0.2, 0.25) is 0 Å². The van der Waals surface area contributed by atoms with Crippen molar-refractivity contribution in [1.82, 2.24) is 0 Å². The molecule has 0 bridgehead atoms. The molecule has 0 heteroatoms. The molecule has 0 nitrogen and oxygen atoms in total. The molecule has 100 valence electrons. The van der Waals surface area contributed by atoms with E-state index in [1.54, 1.807) is 0 Å². The van der Waals surface area contributed by atoms with Crippen molar-refractivity contribution in [2.75, 3.05) is 0 Å². The van der Waals surface area contributed by atoms with Crippen LogP contribution in [0.4, 0.5) is 0 Å². The van der Waals surface area contributed by atoms with Crippen LogP contribution in [0.15, 0.2) is 0 Å². The zero-order valence-corrected chi connectivity index (χ0v) is 12.1. The molecule has 2 aliphatic rings. The van der Waals surface area contributed by atoms with Crippen LogP contribution >= 0.6 is 0 Å². The van der Waals surface area contributed by atoms with E-state index in [-0.39, 0.29) is 0 Å². The Kier molecular flexibility index (Phi) is 5.38. The first-order valence-corrected chi connectivity index (χ1v) is 8.27. The number of hydrogen-bond acceptors (Lipinski definition) is 0. The summed E-state index contributed by atoms with van der Waals surface area (Å²) >= 11 is 0. The smallest absolute Gasteiger partial charge is 0.0386 e. The van der Waals surface area contributed by atoms with Gasteiger partial charge in [-0.05, 0) is 30.1 Å². The van der Waals surface area contributed by atoms with Crippen LogP contribution in [0.2, 0.25) is 0 Å². The van der Waals surface area contributed by atoms with Crippen molar-refractivity contribution in [3.8, 4) is 0 Å². The van der Waals surface area contributed by atoms with Gasteiger partial charge in [-0.2, -0.15) is 0 Å². The Morgan fingerprint density at radius 2 is 1.29 bits per heavy atom. The van der Waals surface area contributed by atoms with E-state index in [0.29, 0.717) is 0 Å². The van der Waals surface area contributed by atoms with E-state index < -0.39 is 0 Å². The third-order valence-corrected chi connectivity index (χ3v) is 5.72. The van der Waals surface area contributed by atoms with Crippen LogP contribution in [0.1, 0.15) is 84.5 Å². The highest BCUT2D eigenvalue weighted by atomic mass is 14.3. The average molecular weight is 236 g/mol. The predicted octanol–water partition coefficient (Wildman–Crippen LogP) is 5.81. The van der Waals surface area contributed by atoms with E-state index in [9.17, 15) is 0 Å². The Balaban J connectivity index is 1.75. The molecule has 0 aromatic heterocycles. The number of hydrogen-bond donors (Lipinski definition) is 0. The summed E-state index contributed by atoms with van der Waals surface area (Å²) in [5, 5.41) is 0. The van der Waals surface area contributed by atoms with Crippen LogP contribution in [-0.2, 0) is 0 Å². The van der Waals surface area contributed by atoms with Gasteiger partial charge < -0.3 is 0 Å². The lowest BCUT2D eigenvalue weighted by Gasteiger charge is -2.34. The standard InChI is InChI=1S/C17H32/c1-14(13-16-9-5-3-6-10-16)15(2)17-11-7-4-8-12-17/h14-17H,3-13H2,1-2H3. The summed E-state index contributed by atoms with van der Waals surface area (Å²) in [6.45, 7) is 5.08. The number of rotatable bonds is 4. The van der Waals surface area contributed by atoms with E-state index in [4.69, 9.17) is 0 Å². The van der Waals surface area contributed by atoms with Crippen molar-refractivity contribution in [2.24, 2.45) is 23.7 Å². The topological polar surface area (TPSA) is 0 Å². The Labute approximate surface area is 109 Å². The Morgan fingerprint density at radius 3 is 1.88 bits per heavy atom. The van der Waals surface area contributed by atoms with Crippen molar-refractivity contribution in [2.45, 2.75) is 84.5 Å². The molecule has 0 radical (unpaired) electrons. The largest absolute Gasteiger partial charge is 0.0622 e. The lowest BCUT2D eigenvalue weighted by molar-refractivity contribution is 0.169. The molecule has 2 aliphatic carbocycles. The summed E-state index contributed by atoms with van der Waals surface area (Å²) in [7, 11) is 0. The SMILES string of the molecule is CC(CC1CCCCC1)C(C)C1CCCCC1. The summed E-state index contributed by atoms with van der Waals surface area (Å²) in [5.41, 5.74) is 0. The highest BCUT2D eigenvalue weighted by Gasteiger charge is 2.26. The molecule has 0 amide bonds. The lowest BCUT2D eigenvalue weighted by Crippen LogP contribution is -2.23. The van der Waals surface area contributed by atoms with Crippen LogP contribution in [-0.4, -0.2) is 0 Å². The summed E-state index contributed by atoms with van der Waals surface area (Å²) in [5.74, 6) is 4.09. The monoisotopic (exact) mass is 236 g/mol. The first-order valence-electron chi connectivity index (χ1n) is 8.27. The highest BCUT2D eigenvalue weighted by molar-refractivity contribution is 4.77. The molecule has 0 spiro atoms. The molecule has 0 saturated heterocycles. The third kappa shape index (κ3) is 4.00. The quantitative estimate of drug-likeness (QED) is 0.578. The Morgan fingerprint density at radius 1 is 0.765 bits per heavy atom. The molecular weight excluding hydrogens is 204 g/mol. The molecule has 17 heavy (non-hydrogen) atoms. The van der Waals surface area contributed by atoms with Crippen molar-refractivity contribution in [3.05, 3.63) is 0 Å². The summed E-state index contributed by atoms with van der Waals surface area (Å²) in [6, 6.07) is 0. The summed E-state index contributed by atoms with van der Waals surface area (Å²) < 4.78 is 0. The maximum Gasteiger partial charge on any atom is -0.0386 e. The molecule has 0 heterocycles.